The minimum absolute atomic E-state index is 0.105. The minimum atomic E-state index is -0.642. The van der Waals surface area contributed by atoms with Gasteiger partial charge in [-0.25, -0.2) is 13.2 Å². The SMILES string of the molecule is Cc1cccc(F)c1NCc1ccc(F)cc1F. The van der Waals surface area contributed by atoms with Crippen LogP contribution < -0.4 is 5.32 Å². The van der Waals surface area contributed by atoms with Crippen LogP contribution in [0.1, 0.15) is 11.1 Å². The smallest absolute Gasteiger partial charge is 0.146 e. The predicted molar refractivity (Wildman–Crippen MR) is 64.8 cm³/mol. The van der Waals surface area contributed by atoms with Crippen LogP contribution in [0.15, 0.2) is 36.4 Å². The van der Waals surface area contributed by atoms with Crippen LogP contribution >= 0.6 is 0 Å². The van der Waals surface area contributed by atoms with E-state index in [1.807, 2.05) is 0 Å². The molecule has 0 unspecified atom stereocenters. The number of benzene rings is 2. The molecule has 0 saturated heterocycles. The van der Waals surface area contributed by atoms with E-state index in [-0.39, 0.29) is 6.54 Å². The molecule has 0 radical (unpaired) electrons. The molecule has 0 aliphatic rings. The van der Waals surface area contributed by atoms with Crippen molar-refractivity contribution in [2.75, 3.05) is 5.32 Å². The fourth-order valence-corrected chi connectivity index (χ4v) is 1.70. The molecular formula is C14H12F3N. The molecular weight excluding hydrogens is 239 g/mol. The standard InChI is InChI=1S/C14H12F3N/c1-9-3-2-4-12(16)14(9)18-8-10-5-6-11(15)7-13(10)17/h2-7,18H,8H2,1H3. The molecule has 0 bridgehead atoms. The van der Waals surface area contributed by atoms with E-state index in [1.165, 1.54) is 18.2 Å². The summed E-state index contributed by atoms with van der Waals surface area (Å²) < 4.78 is 39.6. The second-order valence-electron chi connectivity index (χ2n) is 4.02. The number of hydrogen-bond acceptors (Lipinski definition) is 1. The first-order chi connectivity index (χ1) is 8.58. The van der Waals surface area contributed by atoms with Gasteiger partial charge in [0.2, 0.25) is 0 Å². The molecule has 2 aromatic carbocycles. The van der Waals surface area contributed by atoms with Crippen LogP contribution in [0.2, 0.25) is 0 Å². The highest BCUT2D eigenvalue weighted by molar-refractivity contribution is 5.52. The molecule has 0 aromatic heterocycles. The van der Waals surface area contributed by atoms with Crippen LogP contribution in [-0.4, -0.2) is 0 Å². The molecule has 2 rings (SSSR count). The van der Waals surface area contributed by atoms with Gasteiger partial charge in [-0.05, 0) is 24.6 Å². The Morgan fingerprint density at radius 2 is 1.78 bits per heavy atom. The zero-order chi connectivity index (χ0) is 13.1. The molecule has 2 aromatic rings. The summed E-state index contributed by atoms with van der Waals surface area (Å²) in [7, 11) is 0. The third-order valence-corrected chi connectivity index (χ3v) is 2.69. The van der Waals surface area contributed by atoms with Gasteiger partial charge in [0, 0.05) is 18.2 Å². The van der Waals surface area contributed by atoms with Gasteiger partial charge in [-0.15, -0.1) is 0 Å². The number of rotatable bonds is 3. The molecule has 1 N–H and O–H groups in total. The van der Waals surface area contributed by atoms with E-state index in [0.29, 0.717) is 11.3 Å². The highest BCUT2D eigenvalue weighted by Crippen LogP contribution is 2.20. The highest BCUT2D eigenvalue weighted by atomic mass is 19.1. The molecule has 0 atom stereocenters. The van der Waals surface area contributed by atoms with E-state index in [2.05, 4.69) is 5.32 Å². The van der Waals surface area contributed by atoms with Crippen LogP contribution in [-0.2, 0) is 6.54 Å². The Morgan fingerprint density at radius 1 is 1.00 bits per heavy atom. The van der Waals surface area contributed by atoms with Gasteiger partial charge < -0.3 is 5.32 Å². The zero-order valence-corrected chi connectivity index (χ0v) is 9.81. The number of nitrogens with one attached hydrogen (secondary N) is 1. The van der Waals surface area contributed by atoms with Crippen molar-refractivity contribution in [3.05, 3.63) is 65.0 Å². The fraction of sp³-hybridized carbons (Fsp3) is 0.143. The Bertz CT molecular complexity index is 547. The van der Waals surface area contributed by atoms with Gasteiger partial charge in [0.25, 0.3) is 0 Å². The average Bonchev–Trinajstić information content (AvgIpc) is 2.31. The van der Waals surface area contributed by atoms with Gasteiger partial charge in [0.15, 0.2) is 0 Å². The van der Waals surface area contributed by atoms with Crippen molar-refractivity contribution < 1.29 is 13.2 Å². The highest BCUT2D eigenvalue weighted by Gasteiger charge is 2.07. The third-order valence-electron chi connectivity index (χ3n) is 2.69. The number of aryl methyl sites for hydroxylation is 1. The fourth-order valence-electron chi connectivity index (χ4n) is 1.70. The summed E-state index contributed by atoms with van der Waals surface area (Å²) in [6.45, 7) is 1.86. The molecule has 0 spiro atoms. The summed E-state index contributed by atoms with van der Waals surface area (Å²) in [5, 5.41) is 2.82. The first-order valence-electron chi connectivity index (χ1n) is 5.51. The second kappa shape index (κ2) is 5.12. The maximum absolute atomic E-state index is 13.5. The zero-order valence-electron chi connectivity index (χ0n) is 9.81. The van der Waals surface area contributed by atoms with Crippen molar-refractivity contribution in [3.63, 3.8) is 0 Å². The molecule has 18 heavy (non-hydrogen) atoms. The topological polar surface area (TPSA) is 12.0 Å². The first-order valence-corrected chi connectivity index (χ1v) is 5.51. The van der Waals surface area contributed by atoms with E-state index in [1.54, 1.807) is 19.1 Å². The van der Waals surface area contributed by atoms with Gasteiger partial charge in [-0.1, -0.05) is 18.2 Å². The van der Waals surface area contributed by atoms with E-state index < -0.39 is 17.5 Å². The molecule has 0 aliphatic heterocycles. The Labute approximate surface area is 103 Å². The van der Waals surface area contributed by atoms with Crippen molar-refractivity contribution >= 4 is 5.69 Å². The number of hydrogen-bond donors (Lipinski definition) is 1. The van der Waals surface area contributed by atoms with E-state index in [4.69, 9.17) is 0 Å². The van der Waals surface area contributed by atoms with Crippen LogP contribution in [0.3, 0.4) is 0 Å². The lowest BCUT2D eigenvalue weighted by atomic mass is 10.1. The lowest BCUT2D eigenvalue weighted by Crippen LogP contribution is -2.05. The molecule has 4 heteroatoms. The Balaban J connectivity index is 2.16. The molecule has 0 aliphatic carbocycles. The summed E-state index contributed by atoms with van der Waals surface area (Å²) >= 11 is 0. The maximum Gasteiger partial charge on any atom is 0.146 e. The second-order valence-corrected chi connectivity index (χ2v) is 4.02. The van der Waals surface area contributed by atoms with Crippen molar-refractivity contribution in [3.8, 4) is 0 Å². The molecule has 0 saturated carbocycles. The predicted octanol–water partition coefficient (Wildman–Crippen LogP) is 4.02. The molecule has 0 heterocycles. The van der Waals surface area contributed by atoms with Gasteiger partial charge in [0.05, 0.1) is 5.69 Å². The number of anilines is 1. The first kappa shape index (κ1) is 12.5. The van der Waals surface area contributed by atoms with Gasteiger partial charge in [-0.3, -0.25) is 0 Å². The molecule has 0 amide bonds. The molecule has 94 valence electrons. The van der Waals surface area contributed by atoms with E-state index in [9.17, 15) is 13.2 Å². The quantitative estimate of drug-likeness (QED) is 0.868. The van der Waals surface area contributed by atoms with Crippen LogP contribution in [0.25, 0.3) is 0 Å². The van der Waals surface area contributed by atoms with Crippen molar-refractivity contribution in [2.45, 2.75) is 13.5 Å². The summed E-state index contributed by atoms with van der Waals surface area (Å²) in [6.07, 6.45) is 0. The minimum Gasteiger partial charge on any atom is -0.378 e. The monoisotopic (exact) mass is 251 g/mol. The molecule has 0 fully saturated rings. The third kappa shape index (κ3) is 2.64. The summed E-state index contributed by atoms with van der Waals surface area (Å²) in [5.41, 5.74) is 1.36. The summed E-state index contributed by atoms with van der Waals surface area (Å²) in [6, 6.07) is 8.02. The lowest BCUT2D eigenvalue weighted by molar-refractivity contribution is 0.573. The maximum atomic E-state index is 13.5. The van der Waals surface area contributed by atoms with Gasteiger partial charge in [0.1, 0.15) is 17.5 Å². The Morgan fingerprint density at radius 3 is 2.44 bits per heavy atom. The average molecular weight is 251 g/mol. The van der Waals surface area contributed by atoms with Crippen molar-refractivity contribution in [2.24, 2.45) is 0 Å². The van der Waals surface area contributed by atoms with Gasteiger partial charge >= 0.3 is 0 Å². The van der Waals surface area contributed by atoms with E-state index in [0.717, 1.165) is 11.6 Å². The van der Waals surface area contributed by atoms with Crippen LogP contribution in [0, 0.1) is 24.4 Å². The van der Waals surface area contributed by atoms with E-state index >= 15 is 0 Å². The molecule has 1 nitrogen and oxygen atoms in total. The lowest BCUT2D eigenvalue weighted by Gasteiger charge is -2.11. The Kier molecular flexibility index (Phi) is 3.55. The Hall–Kier alpha value is -1.97. The number of halogens is 3. The number of para-hydroxylation sites is 1. The van der Waals surface area contributed by atoms with Crippen LogP contribution in [0.4, 0.5) is 18.9 Å². The normalized spacial score (nSPS) is 10.4. The largest absolute Gasteiger partial charge is 0.378 e. The van der Waals surface area contributed by atoms with Crippen molar-refractivity contribution in [1.82, 2.24) is 0 Å². The van der Waals surface area contributed by atoms with Crippen molar-refractivity contribution in [1.29, 1.82) is 0 Å². The van der Waals surface area contributed by atoms with Crippen LogP contribution in [0.5, 0.6) is 0 Å². The summed E-state index contributed by atoms with van der Waals surface area (Å²) in [4.78, 5) is 0. The van der Waals surface area contributed by atoms with Gasteiger partial charge in [-0.2, -0.15) is 0 Å². The summed E-state index contributed by atoms with van der Waals surface area (Å²) in [5.74, 6) is -1.66.